The maximum atomic E-state index is 12.6. The Hall–Kier alpha value is -2.95. The van der Waals surface area contributed by atoms with Gasteiger partial charge in [-0.3, -0.25) is 14.5 Å². The molecule has 5 heteroatoms. The SMILES string of the molecule is O=C(NCC1(Cn2cccn2)CC1)c1cccc(-c2ccncc2)c1. The van der Waals surface area contributed by atoms with Gasteiger partial charge in [0.05, 0.1) is 0 Å². The standard InChI is InChI=1S/C20H20N4O/c25-19(22-14-20(7-8-20)15-24-12-2-9-23-24)18-4-1-3-17(13-18)16-5-10-21-11-6-16/h1-6,9-13H,7-8,14-15H2,(H,22,25). The van der Waals surface area contributed by atoms with E-state index in [0.717, 1.165) is 30.5 Å². The highest BCUT2D eigenvalue weighted by atomic mass is 16.1. The van der Waals surface area contributed by atoms with Gasteiger partial charge in [-0.15, -0.1) is 0 Å². The maximum absolute atomic E-state index is 12.6. The van der Waals surface area contributed by atoms with E-state index in [9.17, 15) is 4.79 Å². The van der Waals surface area contributed by atoms with Crippen molar-refractivity contribution in [1.82, 2.24) is 20.1 Å². The van der Waals surface area contributed by atoms with Crippen molar-refractivity contribution in [1.29, 1.82) is 0 Å². The van der Waals surface area contributed by atoms with Gasteiger partial charge in [0, 0.05) is 48.9 Å². The molecule has 3 aromatic rings. The van der Waals surface area contributed by atoms with Crippen LogP contribution in [0.15, 0.2) is 67.3 Å². The van der Waals surface area contributed by atoms with Gasteiger partial charge >= 0.3 is 0 Å². The molecule has 1 fully saturated rings. The fraction of sp³-hybridized carbons (Fsp3) is 0.250. The highest BCUT2D eigenvalue weighted by Crippen LogP contribution is 2.46. The third-order valence-corrected chi connectivity index (χ3v) is 4.78. The fourth-order valence-electron chi connectivity index (χ4n) is 3.06. The summed E-state index contributed by atoms with van der Waals surface area (Å²) in [5, 5.41) is 7.37. The number of benzene rings is 1. The first-order chi connectivity index (χ1) is 12.2. The summed E-state index contributed by atoms with van der Waals surface area (Å²) >= 11 is 0. The number of pyridine rings is 1. The van der Waals surface area contributed by atoms with Crippen molar-refractivity contribution < 1.29 is 4.79 Å². The molecular formula is C20H20N4O. The summed E-state index contributed by atoms with van der Waals surface area (Å²) in [6, 6.07) is 13.5. The predicted molar refractivity (Wildman–Crippen MR) is 95.9 cm³/mol. The van der Waals surface area contributed by atoms with Gasteiger partial charge in [0.15, 0.2) is 0 Å². The second kappa shape index (κ2) is 6.51. The first kappa shape index (κ1) is 15.6. The first-order valence-electron chi connectivity index (χ1n) is 8.50. The topological polar surface area (TPSA) is 59.8 Å². The third kappa shape index (κ3) is 3.60. The molecule has 1 aliphatic carbocycles. The molecule has 1 N–H and O–H groups in total. The minimum Gasteiger partial charge on any atom is -0.351 e. The van der Waals surface area contributed by atoms with Crippen LogP contribution in [0.4, 0.5) is 0 Å². The molecule has 1 amide bonds. The molecule has 2 aromatic heterocycles. The molecule has 0 saturated heterocycles. The molecule has 1 saturated carbocycles. The zero-order chi connectivity index (χ0) is 17.1. The Bertz CT molecular complexity index is 854. The zero-order valence-corrected chi connectivity index (χ0v) is 13.9. The van der Waals surface area contributed by atoms with E-state index in [4.69, 9.17) is 0 Å². The smallest absolute Gasteiger partial charge is 0.251 e. The van der Waals surface area contributed by atoms with E-state index in [2.05, 4.69) is 15.4 Å². The molecule has 2 heterocycles. The second-order valence-electron chi connectivity index (χ2n) is 6.70. The molecule has 5 nitrogen and oxygen atoms in total. The summed E-state index contributed by atoms with van der Waals surface area (Å²) in [5.41, 5.74) is 2.92. The average molecular weight is 332 g/mol. The van der Waals surface area contributed by atoms with E-state index in [1.165, 1.54) is 0 Å². The molecule has 1 aromatic carbocycles. The van der Waals surface area contributed by atoms with E-state index < -0.39 is 0 Å². The van der Waals surface area contributed by atoms with E-state index in [-0.39, 0.29) is 11.3 Å². The molecule has 1 aliphatic rings. The van der Waals surface area contributed by atoms with Crippen LogP contribution in [0.2, 0.25) is 0 Å². The van der Waals surface area contributed by atoms with E-state index >= 15 is 0 Å². The van der Waals surface area contributed by atoms with Gasteiger partial charge < -0.3 is 5.32 Å². The van der Waals surface area contributed by atoms with Crippen LogP contribution in [0.1, 0.15) is 23.2 Å². The van der Waals surface area contributed by atoms with Crippen molar-refractivity contribution in [3.63, 3.8) is 0 Å². The minimum absolute atomic E-state index is 0.0253. The van der Waals surface area contributed by atoms with Crippen LogP contribution >= 0.6 is 0 Å². The quantitative estimate of drug-likeness (QED) is 0.754. The van der Waals surface area contributed by atoms with Gasteiger partial charge in [0.1, 0.15) is 0 Å². The maximum Gasteiger partial charge on any atom is 0.251 e. The second-order valence-corrected chi connectivity index (χ2v) is 6.70. The van der Waals surface area contributed by atoms with Crippen molar-refractivity contribution in [2.24, 2.45) is 5.41 Å². The van der Waals surface area contributed by atoms with Gasteiger partial charge in [-0.2, -0.15) is 5.10 Å². The lowest BCUT2D eigenvalue weighted by molar-refractivity contribution is 0.0942. The van der Waals surface area contributed by atoms with Gasteiger partial charge in [0.2, 0.25) is 0 Å². The van der Waals surface area contributed by atoms with Gasteiger partial charge in [-0.25, -0.2) is 0 Å². The van der Waals surface area contributed by atoms with Crippen LogP contribution in [-0.4, -0.2) is 27.2 Å². The lowest BCUT2D eigenvalue weighted by atomic mass is 10.0. The monoisotopic (exact) mass is 332 g/mol. The van der Waals surface area contributed by atoms with Crippen LogP contribution < -0.4 is 5.32 Å². The largest absolute Gasteiger partial charge is 0.351 e. The summed E-state index contributed by atoms with van der Waals surface area (Å²) in [4.78, 5) is 16.6. The Labute approximate surface area is 146 Å². The van der Waals surface area contributed by atoms with E-state index in [0.29, 0.717) is 12.1 Å². The number of aromatic nitrogens is 3. The first-order valence-corrected chi connectivity index (χ1v) is 8.50. The molecule has 0 spiro atoms. The molecule has 4 rings (SSSR count). The van der Waals surface area contributed by atoms with E-state index in [1.807, 2.05) is 53.3 Å². The van der Waals surface area contributed by atoms with Gasteiger partial charge in [-0.05, 0) is 54.3 Å². The Morgan fingerprint density at radius 1 is 1.08 bits per heavy atom. The summed E-state index contributed by atoms with van der Waals surface area (Å²) in [6.45, 7) is 1.54. The molecule has 0 radical (unpaired) electrons. The minimum atomic E-state index is -0.0253. The molecule has 0 atom stereocenters. The number of amides is 1. The Morgan fingerprint density at radius 3 is 2.64 bits per heavy atom. The summed E-state index contributed by atoms with van der Waals surface area (Å²) in [6.07, 6.45) is 9.54. The lowest BCUT2D eigenvalue weighted by Crippen LogP contribution is -2.32. The zero-order valence-electron chi connectivity index (χ0n) is 13.9. The molecule has 0 unspecified atom stereocenters. The number of nitrogens with zero attached hydrogens (tertiary/aromatic N) is 3. The summed E-state index contributed by atoms with van der Waals surface area (Å²) < 4.78 is 1.95. The number of carbonyl (C=O) groups excluding carboxylic acids is 1. The van der Waals surface area contributed by atoms with Crippen LogP contribution in [0, 0.1) is 5.41 Å². The van der Waals surface area contributed by atoms with Crippen molar-refractivity contribution in [2.75, 3.05) is 6.54 Å². The summed E-state index contributed by atoms with van der Waals surface area (Å²) in [7, 11) is 0. The highest BCUT2D eigenvalue weighted by molar-refractivity contribution is 5.95. The average Bonchev–Trinajstić information content (AvgIpc) is 3.23. The number of hydrogen-bond donors (Lipinski definition) is 1. The van der Waals surface area contributed by atoms with Crippen molar-refractivity contribution in [3.8, 4) is 11.1 Å². The van der Waals surface area contributed by atoms with Crippen LogP contribution in [0.5, 0.6) is 0 Å². The fourth-order valence-corrected chi connectivity index (χ4v) is 3.06. The van der Waals surface area contributed by atoms with Crippen molar-refractivity contribution in [3.05, 3.63) is 72.8 Å². The Balaban J connectivity index is 1.42. The number of carbonyl (C=O) groups is 1. The number of hydrogen-bond acceptors (Lipinski definition) is 3. The van der Waals surface area contributed by atoms with Crippen molar-refractivity contribution in [2.45, 2.75) is 19.4 Å². The van der Waals surface area contributed by atoms with E-state index in [1.54, 1.807) is 18.6 Å². The third-order valence-electron chi connectivity index (χ3n) is 4.78. The molecule has 0 bridgehead atoms. The molecule has 25 heavy (non-hydrogen) atoms. The van der Waals surface area contributed by atoms with Gasteiger partial charge in [0.25, 0.3) is 5.91 Å². The lowest BCUT2D eigenvalue weighted by Gasteiger charge is -2.16. The van der Waals surface area contributed by atoms with Crippen LogP contribution in [0.25, 0.3) is 11.1 Å². The predicted octanol–water partition coefficient (Wildman–Crippen LogP) is 3.16. The number of rotatable bonds is 6. The van der Waals surface area contributed by atoms with Crippen LogP contribution in [0.3, 0.4) is 0 Å². The van der Waals surface area contributed by atoms with Crippen molar-refractivity contribution >= 4 is 5.91 Å². The van der Waals surface area contributed by atoms with Gasteiger partial charge in [-0.1, -0.05) is 12.1 Å². The van der Waals surface area contributed by atoms with Crippen LogP contribution in [-0.2, 0) is 6.54 Å². The normalized spacial score (nSPS) is 14.9. The molecule has 126 valence electrons. The number of nitrogens with one attached hydrogen (secondary N) is 1. The Morgan fingerprint density at radius 2 is 1.92 bits per heavy atom. The highest BCUT2D eigenvalue weighted by Gasteiger charge is 2.43. The Kier molecular flexibility index (Phi) is 4.06. The molecule has 0 aliphatic heterocycles. The summed E-state index contributed by atoms with van der Waals surface area (Å²) in [5.74, 6) is -0.0253. The molecular weight excluding hydrogens is 312 g/mol.